The van der Waals surface area contributed by atoms with Crippen LogP contribution in [0.5, 0.6) is 0 Å². The minimum Gasteiger partial charge on any atom is -0.347 e. The van der Waals surface area contributed by atoms with E-state index in [1.165, 1.54) is 25.1 Å². The number of nitrogens with zero attached hydrogens (tertiary/aromatic N) is 2. The number of hydrogen-bond acceptors (Lipinski definition) is 3. The molecule has 0 atom stereocenters. The fourth-order valence-electron chi connectivity index (χ4n) is 1.72. The lowest BCUT2D eigenvalue weighted by atomic mass is 10.1. The van der Waals surface area contributed by atoms with Crippen LogP contribution in [0.25, 0.3) is 0 Å². The molecule has 7 heteroatoms. The lowest BCUT2D eigenvalue weighted by Gasteiger charge is -2.18. The number of halogens is 2. The van der Waals surface area contributed by atoms with Crippen LogP contribution in [0.3, 0.4) is 0 Å². The Morgan fingerprint density at radius 2 is 2.00 bits per heavy atom. The van der Waals surface area contributed by atoms with Crippen molar-refractivity contribution in [2.45, 2.75) is 0 Å². The van der Waals surface area contributed by atoms with E-state index in [1.807, 2.05) is 0 Å². The first-order valence-corrected chi connectivity index (χ1v) is 6.17. The fraction of sp³-hybridized carbons (Fsp3) is 0.250. The van der Waals surface area contributed by atoms with Gasteiger partial charge in [0.05, 0.1) is 15.7 Å². The third kappa shape index (κ3) is 2.25. The molecular weight excluding hydrogens is 319 g/mol. The van der Waals surface area contributed by atoms with Crippen molar-refractivity contribution in [3.05, 3.63) is 28.0 Å². The quantitative estimate of drug-likeness (QED) is 0.767. The van der Waals surface area contributed by atoms with Gasteiger partial charge in [0, 0.05) is 14.1 Å². The average molecular weight is 329 g/mol. The summed E-state index contributed by atoms with van der Waals surface area (Å²) in [6, 6.07) is 2.33. The van der Waals surface area contributed by atoms with E-state index < -0.39 is 17.5 Å². The van der Waals surface area contributed by atoms with E-state index in [0.29, 0.717) is 0 Å². The van der Waals surface area contributed by atoms with Crippen LogP contribution in [0.2, 0.25) is 0 Å². The number of benzene rings is 1. The largest absolute Gasteiger partial charge is 0.347 e. The zero-order chi connectivity index (χ0) is 14.3. The second-order valence-electron chi connectivity index (χ2n) is 4.29. The molecule has 0 unspecified atom stereocenters. The van der Waals surface area contributed by atoms with Crippen LogP contribution in [0, 0.1) is 5.82 Å². The van der Waals surface area contributed by atoms with Gasteiger partial charge in [-0.3, -0.25) is 19.3 Å². The lowest BCUT2D eigenvalue weighted by Crippen LogP contribution is -2.39. The molecule has 1 heterocycles. The van der Waals surface area contributed by atoms with Gasteiger partial charge in [-0.25, -0.2) is 4.39 Å². The molecule has 0 radical (unpaired) electrons. The zero-order valence-electron chi connectivity index (χ0n) is 10.2. The number of carbonyl (C=O) groups is 3. The number of likely N-dealkylation sites (N-methyl/N-ethyl adjacent to an activating group) is 1. The van der Waals surface area contributed by atoms with Gasteiger partial charge in [-0.2, -0.15) is 0 Å². The van der Waals surface area contributed by atoms with Crippen molar-refractivity contribution < 1.29 is 18.8 Å². The van der Waals surface area contributed by atoms with Gasteiger partial charge in [0.25, 0.3) is 11.7 Å². The first-order chi connectivity index (χ1) is 8.82. The van der Waals surface area contributed by atoms with Crippen molar-refractivity contribution in [2.75, 3.05) is 25.5 Å². The van der Waals surface area contributed by atoms with Gasteiger partial charge in [-0.05, 0) is 28.1 Å². The first kappa shape index (κ1) is 13.7. The Bertz CT molecular complexity index is 601. The molecule has 1 aromatic carbocycles. The molecule has 1 aliphatic rings. The summed E-state index contributed by atoms with van der Waals surface area (Å²) in [6.45, 7) is -0.286. The summed E-state index contributed by atoms with van der Waals surface area (Å²) in [5.74, 6) is -2.49. The maximum Gasteiger partial charge on any atom is 0.299 e. The first-order valence-electron chi connectivity index (χ1n) is 5.38. The number of carbonyl (C=O) groups excluding carboxylic acids is 3. The number of anilines is 1. The van der Waals surface area contributed by atoms with Crippen LogP contribution in [0.1, 0.15) is 10.4 Å². The van der Waals surface area contributed by atoms with Gasteiger partial charge in [0.15, 0.2) is 0 Å². The van der Waals surface area contributed by atoms with E-state index >= 15 is 0 Å². The molecule has 2 rings (SSSR count). The Morgan fingerprint density at radius 1 is 1.37 bits per heavy atom. The molecule has 0 N–H and O–H groups in total. The minimum atomic E-state index is -0.817. The second-order valence-corrected chi connectivity index (χ2v) is 5.15. The predicted octanol–water partition coefficient (Wildman–Crippen LogP) is 1.21. The van der Waals surface area contributed by atoms with Gasteiger partial charge in [0.1, 0.15) is 12.4 Å². The van der Waals surface area contributed by atoms with E-state index in [2.05, 4.69) is 15.9 Å². The Kier molecular flexibility index (Phi) is 3.40. The molecule has 1 aromatic rings. The van der Waals surface area contributed by atoms with Crippen LogP contribution in [0.4, 0.5) is 10.1 Å². The molecule has 0 fully saturated rings. The van der Waals surface area contributed by atoms with Crippen LogP contribution >= 0.6 is 15.9 Å². The van der Waals surface area contributed by atoms with E-state index in [4.69, 9.17) is 0 Å². The van der Waals surface area contributed by atoms with Crippen molar-refractivity contribution in [1.82, 2.24) is 4.90 Å². The van der Waals surface area contributed by atoms with Gasteiger partial charge in [0.2, 0.25) is 5.91 Å². The van der Waals surface area contributed by atoms with E-state index in [0.717, 1.165) is 11.0 Å². The molecule has 0 saturated carbocycles. The van der Waals surface area contributed by atoms with Crippen LogP contribution < -0.4 is 4.90 Å². The number of Topliss-reactive ketones (excluding diaryl/α,β-unsaturated/α-hetero) is 1. The molecule has 0 saturated heterocycles. The zero-order valence-corrected chi connectivity index (χ0v) is 11.8. The smallest absolute Gasteiger partial charge is 0.299 e. The van der Waals surface area contributed by atoms with E-state index in [9.17, 15) is 18.8 Å². The lowest BCUT2D eigenvalue weighted by molar-refractivity contribution is -0.128. The van der Waals surface area contributed by atoms with Crippen molar-refractivity contribution in [3.63, 3.8) is 0 Å². The summed E-state index contributed by atoms with van der Waals surface area (Å²) in [4.78, 5) is 37.5. The van der Waals surface area contributed by atoms with Gasteiger partial charge in [-0.1, -0.05) is 0 Å². The normalized spacial score (nSPS) is 13.8. The molecular formula is C12H10BrFN2O3. The number of hydrogen-bond donors (Lipinski definition) is 0. The number of fused-ring (bicyclic) bond motifs is 1. The predicted molar refractivity (Wildman–Crippen MR) is 69.5 cm³/mol. The summed E-state index contributed by atoms with van der Waals surface area (Å²) >= 11 is 2.96. The maximum absolute atomic E-state index is 13.5. The summed E-state index contributed by atoms with van der Waals surface area (Å²) in [6.07, 6.45) is 0. The van der Waals surface area contributed by atoms with Crippen molar-refractivity contribution in [2.24, 2.45) is 0 Å². The summed E-state index contributed by atoms with van der Waals surface area (Å²) in [7, 11) is 3.07. The number of amides is 2. The standard InChI is InChI=1S/C12H10BrFN2O3/c1-15(2)10(17)5-16-9-4-8(14)7(13)3-6(9)11(18)12(16)19/h3-4H,5H2,1-2H3. The summed E-state index contributed by atoms with van der Waals surface area (Å²) in [5.41, 5.74) is 0.232. The van der Waals surface area contributed by atoms with Crippen molar-refractivity contribution >= 4 is 39.2 Å². The van der Waals surface area contributed by atoms with Crippen molar-refractivity contribution in [3.8, 4) is 0 Å². The monoisotopic (exact) mass is 328 g/mol. The SMILES string of the molecule is CN(C)C(=O)CN1C(=O)C(=O)c2cc(Br)c(F)cc21. The van der Waals surface area contributed by atoms with Crippen LogP contribution in [0.15, 0.2) is 16.6 Å². The Labute approximate surface area is 117 Å². The summed E-state index contributed by atoms with van der Waals surface area (Å²) in [5, 5.41) is 0. The Hall–Kier alpha value is -1.76. The Balaban J connectivity index is 2.44. The van der Waals surface area contributed by atoms with Gasteiger partial charge >= 0.3 is 0 Å². The number of rotatable bonds is 2. The second kappa shape index (κ2) is 4.73. The Morgan fingerprint density at radius 3 is 2.58 bits per heavy atom. The molecule has 19 heavy (non-hydrogen) atoms. The molecule has 100 valence electrons. The maximum atomic E-state index is 13.5. The summed E-state index contributed by atoms with van der Waals surface area (Å²) < 4.78 is 13.6. The molecule has 0 aliphatic carbocycles. The van der Waals surface area contributed by atoms with Gasteiger partial charge < -0.3 is 4.90 Å². The fourth-order valence-corrected chi connectivity index (χ4v) is 2.07. The van der Waals surface area contributed by atoms with Crippen LogP contribution in [-0.4, -0.2) is 43.1 Å². The highest BCUT2D eigenvalue weighted by molar-refractivity contribution is 9.10. The van der Waals surface area contributed by atoms with Gasteiger partial charge in [-0.15, -0.1) is 0 Å². The third-order valence-electron chi connectivity index (χ3n) is 2.81. The third-order valence-corrected chi connectivity index (χ3v) is 3.41. The average Bonchev–Trinajstić information content (AvgIpc) is 2.56. The van der Waals surface area contributed by atoms with E-state index in [-0.39, 0.29) is 28.2 Å². The minimum absolute atomic E-state index is 0.102. The highest BCUT2D eigenvalue weighted by atomic mass is 79.9. The molecule has 1 aliphatic heterocycles. The van der Waals surface area contributed by atoms with Crippen LogP contribution in [-0.2, 0) is 9.59 Å². The molecule has 5 nitrogen and oxygen atoms in total. The molecule has 0 bridgehead atoms. The molecule has 0 aromatic heterocycles. The highest BCUT2D eigenvalue weighted by Gasteiger charge is 2.37. The molecule has 0 spiro atoms. The van der Waals surface area contributed by atoms with E-state index in [1.54, 1.807) is 0 Å². The topological polar surface area (TPSA) is 57.7 Å². The number of ketones is 1. The molecule has 2 amide bonds. The van der Waals surface area contributed by atoms with Crippen molar-refractivity contribution in [1.29, 1.82) is 0 Å². The highest BCUT2D eigenvalue weighted by Crippen LogP contribution is 2.33.